The zero-order chi connectivity index (χ0) is 14.8. The highest BCUT2D eigenvalue weighted by Crippen LogP contribution is 2.26. The first-order valence-corrected chi connectivity index (χ1v) is 7.72. The number of nitro groups is 1. The van der Waals surface area contributed by atoms with Crippen LogP contribution in [0.1, 0.15) is 10.6 Å². The number of hydrogen-bond acceptors (Lipinski definition) is 4. The Labute approximate surface area is 133 Å². The fourth-order valence-corrected chi connectivity index (χ4v) is 3.30. The molecule has 0 saturated carbocycles. The molecule has 0 N–H and O–H groups in total. The maximum atomic E-state index is 11.1. The quantitative estimate of drug-likeness (QED) is 0.480. The molecule has 0 bridgehead atoms. The van der Waals surface area contributed by atoms with E-state index in [9.17, 15) is 10.1 Å². The van der Waals surface area contributed by atoms with Crippen molar-refractivity contribution in [3.8, 4) is 0 Å². The first-order valence-electron chi connectivity index (χ1n) is 6.11. The van der Waals surface area contributed by atoms with E-state index in [4.69, 9.17) is 0 Å². The normalized spacial score (nSPS) is 11.3. The molecule has 0 atom stereocenters. The van der Waals surface area contributed by atoms with Crippen LogP contribution in [0.3, 0.4) is 0 Å². The van der Waals surface area contributed by atoms with E-state index in [1.807, 2.05) is 42.5 Å². The first kappa shape index (κ1) is 13.9. The summed E-state index contributed by atoms with van der Waals surface area (Å²) in [6, 6.07) is 12.6. The number of thiophene rings is 1. The number of pyridine rings is 1. The summed E-state index contributed by atoms with van der Waals surface area (Å²) in [6.45, 7) is 0. The molecule has 3 rings (SSSR count). The van der Waals surface area contributed by atoms with Crippen LogP contribution in [0.25, 0.3) is 23.1 Å². The molecule has 0 aliphatic carbocycles. The van der Waals surface area contributed by atoms with Crippen molar-refractivity contribution in [2.24, 2.45) is 0 Å². The summed E-state index contributed by atoms with van der Waals surface area (Å²) in [7, 11) is 0. The molecule has 0 unspecified atom stereocenters. The highest BCUT2D eigenvalue weighted by atomic mass is 79.9. The van der Waals surface area contributed by atoms with Gasteiger partial charge < -0.3 is 0 Å². The van der Waals surface area contributed by atoms with Gasteiger partial charge in [-0.1, -0.05) is 18.2 Å². The Morgan fingerprint density at radius 1 is 1.14 bits per heavy atom. The number of para-hydroxylation sites is 1. The van der Waals surface area contributed by atoms with Crippen LogP contribution in [0, 0.1) is 10.1 Å². The van der Waals surface area contributed by atoms with Crippen LogP contribution < -0.4 is 0 Å². The standard InChI is InChI=1S/C15H9BrN2O2S/c16-14-9-8-12(21-14)7-6-11-5-4-10-2-1-3-13(18(19)20)15(10)17-11/h1-9H. The number of rotatable bonds is 3. The molecule has 4 nitrogen and oxygen atoms in total. The van der Waals surface area contributed by atoms with Gasteiger partial charge in [0.25, 0.3) is 5.69 Å². The molecule has 6 heteroatoms. The van der Waals surface area contributed by atoms with Gasteiger partial charge in [-0.3, -0.25) is 10.1 Å². The van der Waals surface area contributed by atoms with Crippen molar-refractivity contribution in [3.05, 3.63) is 66.9 Å². The third kappa shape index (κ3) is 3.01. The minimum atomic E-state index is -0.404. The second-order valence-electron chi connectivity index (χ2n) is 4.32. The largest absolute Gasteiger partial charge is 0.295 e. The van der Waals surface area contributed by atoms with Crippen molar-refractivity contribution in [2.45, 2.75) is 0 Å². The SMILES string of the molecule is O=[N+]([O-])c1cccc2ccc(C=Cc3ccc(Br)s3)nc12. The molecule has 0 saturated heterocycles. The summed E-state index contributed by atoms with van der Waals surface area (Å²) in [5.41, 5.74) is 1.14. The molecule has 1 aromatic carbocycles. The minimum Gasteiger partial charge on any atom is -0.258 e. The van der Waals surface area contributed by atoms with Gasteiger partial charge in [-0.25, -0.2) is 4.98 Å². The van der Waals surface area contributed by atoms with Crippen LogP contribution in [0.5, 0.6) is 0 Å². The lowest BCUT2D eigenvalue weighted by Crippen LogP contribution is -1.92. The molecule has 3 aromatic rings. The van der Waals surface area contributed by atoms with E-state index in [0.29, 0.717) is 11.2 Å². The molecule has 0 aliphatic rings. The fourth-order valence-electron chi connectivity index (χ4n) is 1.97. The Balaban J connectivity index is 2.02. The predicted octanol–water partition coefficient (Wildman–Crippen LogP) is 5.14. The van der Waals surface area contributed by atoms with E-state index in [0.717, 1.165) is 14.0 Å². The van der Waals surface area contributed by atoms with Gasteiger partial charge in [0.15, 0.2) is 0 Å². The third-order valence-electron chi connectivity index (χ3n) is 2.93. The van der Waals surface area contributed by atoms with Gasteiger partial charge in [-0.15, -0.1) is 11.3 Å². The molecule has 0 spiro atoms. The molecule has 2 aromatic heterocycles. The fraction of sp³-hybridized carbons (Fsp3) is 0. The first-order chi connectivity index (χ1) is 10.1. The number of halogens is 1. The molecule has 0 aliphatic heterocycles. The van der Waals surface area contributed by atoms with Crippen LogP contribution in [-0.4, -0.2) is 9.91 Å². The van der Waals surface area contributed by atoms with Crippen LogP contribution in [-0.2, 0) is 0 Å². The summed E-state index contributed by atoms with van der Waals surface area (Å²) >= 11 is 5.02. The molecular weight excluding hydrogens is 352 g/mol. The van der Waals surface area contributed by atoms with Crippen molar-refractivity contribution in [1.82, 2.24) is 4.98 Å². The lowest BCUT2D eigenvalue weighted by Gasteiger charge is -2.00. The van der Waals surface area contributed by atoms with E-state index in [2.05, 4.69) is 20.9 Å². The van der Waals surface area contributed by atoms with Crippen molar-refractivity contribution >= 4 is 56.0 Å². The monoisotopic (exact) mass is 360 g/mol. The van der Waals surface area contributed by atoms with Gasteiger partial charge in [0.2, 0.25) is 0 Å². The molecular formula is C15H9BrN2O2S. The Hall–Kier alpha value is -2.05. The van der Waals surface area contributed by atoms with E-state index in [-0.39, 0.29) is 5.69 Å². The number of fused-ring (bicyclic) bond motifs is 1. The number of nitro benzene ring substituents is 1. The van der Waals surface area contributed by atoms with Crippen molar-refractivity contribution in [3.63, 3.8) is 0 Å². The number of benzene rings is 1. The van der Waals surface area contributed by atoms with Crippen LogP contribution in [0.15, 0.2) is 46.3 Å². The lowest BCUT2D eigenvalue weighted by atomic mass is 10.1. The molecule has 21 heavy (non-hydrogen) atoms. The number of nitrogens with zero attached hydrogens (tertiary/aromatic N) is 2. The Morgan fingerprint density at radius 3 is 2.71 bits per heavy atom. The number of aromatic nitrogens is 1. The van der Waals surface area contributed by atoms with Gasteiger partial charge in [0.1, 0.15) is 5.52 Å². The molecule has 2 heterocycles. The third-order valence-corrected chi connectivity index (χ3v) is 4.52. The Bertz CT molecular complexity index is 858. The molecule has 0 fully saturated rings. The van der Waals surface area contributed by atoms with E-state index in [1.165, 1.54) is 6.07 Å². The molecule has 0 radical (unpaired) electrons. The average molecular weight is 361 g/mol. The second-order valence-corrected chi connectivity index (χ2v) is 6.81. The van der Waals surface area contributed by atoms with Gasteiger partial charge in [-0.05, 0) is 46.3 Å². The van der Waals surface area contributed by atoms with Gasteiger partial charge in [0.05, 0.1) is 14.4 Å². The molecule has 0 amide bonds. The summed E-state index contributed by atoms with van der Waals surface area (Å²) in [6.07, 6.45) is 3.80. The van der Waals surface area contributed by atoms with Crippen LogP contribution in [0.2, 0.25) is 0 Å². The van der Waals surface area contributed by atoms with Crippen LogP contribution in [0.4, 0.5) is 5.69 Å². The highest BCUT2D eigenvalue weighted by Gasteiger charge is 2.12. The number of non-ortho nitro benzene ring substituents is 1. The topological polar surface area (TPSA) is 56.0 Å². The van der Waals surface area contributed by atoms with Crippen molar-refractivity contribution in [2.75, 3.05) is 0 Å². The Morgan fingerprint density at radius 2 is 2.00 bits per heavy atom. The predicted molar refractivity (Wildman–Crippen MR) is 89.3 cm³/mol. The van der Waals surface area contributed by atoms with Gasteiger partial charge >= 0.3 is 0 Å². The summed E-state index contributed by atoms with van der Waals surface area (Å²) in [5, 5.41) is 11.8. The maximum Gasteiger partial charge on any atom is 0.295 e. The summed E-state index contributed by atoms with van der Waals surface area (Å²) in [5.74, 6) is 0. The summed E-state index contributed by atoms with van der Waals surface area (Å²) in [4.78, 5) is 16.1. The smallest absolute Gasteiger partial charge is 0.258 e. The zero-order valence-corrected chi connectivity index (χ0v) is 13.1. The average Bonchev–Trinajstić information content (AvgIpc) is 2.89. The van der Waals surface area contributed by atoms with Gasteiger partial charge in [0, 0.05) is 16.3 Å². The maximum absolute atomic E-state index is 11.1. The van der Waals surface area contributed by atoms with Crippen LogP contribution >= 0.6 is 27.3 Å². The zero-order valence-electron chi connectivity index (χ0n) is 10.7. The van der Waals surface area contributed by atoms with Gasteiger partial charge in [-0.2, -0.15) is 0 Å². The van der Waals surface area contributed by atoms with Crippen molar-refractivity contribution in [1.29, 1.82) is 0 Å². The molecule has 104 valence electrons. The van der Waals surface area contributed by atoms with E-state index >= 15 is 0 Å². The lowest BCUT2D eigenvalue weighted by molar-refractivity contribution is -0.383. The van der Waals surface area contributed by atoms with Crippen molar-refractivity contribution < 1.29 is 4.92 Å². The summed E-state index contributed by atoms with van der Waals surface area (Å²) < 4.78 is 1.06. The number of hydrogen-bond donors (Lipinski definition) is 0. The second kappa shape index (κ2) is 5.75. The van der Waals surface area contributed by atoms with E-state index < -0.39 is 4.92 Å². The minimum absolute atomic E-state index is 0.0293. The van der Waals surface area contributed by atoms with E-state index in [1.54, 1.807) is 17.4 Å². The Kier molecular flexibility index (Phi) is 3.81. The highest BCUT2D eigenvalue weighted by molar-refractivity contribution is 9.11.